The number of hydrogen-bond donors (Lipinski definition) is 1. The van der Waals surface area contributed by atoms with Gasteiger partial charge in [0.2, 0.25) is 6.54 Å². The zero-order chi connectivity index (χ0) is 16.5. The second-order valence-electron chi connectivity index (χ2n) is 4.54. The van der Waals surface area contributed by atoms with Crippen molar-refractivity contribution >= 4 is 23.9 Å². The Hall–Kier alpha value is -3.35. The first-order chi connectivity index (χ1) is 11.2. The number of carbonyl (C=O) groups is 1. The quantitative estimate of drug-likeness (QED) is 0.381. The lowest BCUT2D eigenvalue weighted by Crippen LogP contribution is -2.40. The van der Waals surface area contributed by atoms with Crippen LogP contribution in [-0.2, 0) is 11.3 Å². The van der Waals surface area contributed by atoms with Crippen molar-refractivity contribution in [2.75, 3.05) is 0 Å². The van der Waals surface area contributed by atoms with Gasteiger partial charge in [0, 0.05) is 24.4 Å². The van der Waals surface area contributed by atoms with E-state index in [1.165, 1.54) is 18.4 Å². The van der Waals surface area contributed by atoms with E-state index in [4.69, 9.17) is 0 Å². The highest BCUT2D eigenvalue weighted by atomic mass is 16.6. The average molecular weight is 311 g/mol. The summed E-state index contributed by atoms with van der Waals surface area (Å²) in [5, 5.41) is 14.6. The number of nitrogens with one attached hydrogen (secondary N) is 1. The molecule has 0 aliphatic carbocycles. The van der Waals surface area contributed by atoms with Crippen LogP contribution in [0.3, 0.4) is 0 Å². The van der Waals surface area contributed by atoms with Gasteiger partial charge in [-0.1, -0.05) is 18.2 Å². The highest BCUT2D eigenvalue weighted by Crippen LogP contribution is 2.18. The highest BCUT2D eigenvalue weighted by Gasteiger charge is 2.08. The SMILES string of the molecule is O=C(C[n+]1ccccc1)NN=CC=Cc1ccccc1[N+](=O)[O-]. The molecule has 1 amide bonds. The van der Waals surface area contributed by atoms with Crippen LogP contribution < -0.4 is 9.99 Å². The monoisotopic (exact) mass is 311 g/mol. The summed E-state index contributed by atoms with van der Waals surface area (Å²) in [5.74, 6) is -0.267. The van der Waals surface area contributed by atoms with Gasteiger partial charge in [0.1, 0.15) is 0 Å². The van der Waals surface area contributed by atoms with Gasteiger partial charge in [0.15, 0.2) is 12.4 Å². The Morgan fingerprint density at radius 1 is 1.22 bits per heavy atom. The third-order valence-corrected chi connectivity index (χ3v) is 2.86. The number of aromatic nitrogens is 1. The Kier molecular flexibility index (Phi) is 5.70. The molecule has 7 heteroatoms. The van der Waals surface area contributed by atoms with Crippen LogP contribution in [0.2, 0.25) is 0 Å². The summed E-state index contributed by atoms with van der Waals surface area (Å²) >= 11 is 0. The predicted molar refractivity (Wildman–Crippen MR) is 85.4 cm³/mol. The van der Waals surface area contributed by atoms with E-state index in [0.717, 1.165) is 0 Å². The molecule has 0 bridgehead atoms. The summed E-state index contributed by atoms with van der Waals surface area (Å²) in [7, 11) is 0. The zero-order valence-electron chi connectivity index (χ0n) is 12.2. The van der Waals surface area contributed by atoms with Crippen molar-refractivity contribution < 1.29 is 14.3 Å². The van der Waals surface area contributed by atoms with Crippen molar-refractivity contribution in [3.63, 3.8) is 0 Å². The summed E-state index contributed by atoms with van der Waals surface area (Å²) in [6.07, 6.45) is 8.00. The van der Waals surface area contributed by atoms with Crippen molar-refractivity contribution in [2.24, 2.45) is 5.10 Å². The molecule has 0 atom stereocenters. The molecule has 1 aromatic heterocycles. The molecule has 1 heterocycles. The van der Waals surface area contributed by atoms with Gasteiger partial charge in [-0.15, -0.1) is 0 Å². The highest BCUT2D eigenvalue weighted by molar-refractivity contribution is 5.81. The maximum absolute atomic E-state index is 11.6. The van der Waals surface area contributed by atoms with Crippen molar-refractivity contribution in [1.29, 1.82) is 0 Å². The first-order valence-corrected chi connectivity index (χ1v) is 6.83. The average Bonchev–Trinajstić information content (AvgIpc) is 2.55. The number of para-hydroxylation sites is 1. The molecular weight excluding hydrogens is 296 g/mol. The molecule has 0 spiro atoms. The van der Waals surface area contributed by atoms with Gasteiger partial charge >= 0.3 is 5.91 Å². The predicted octanol–water partition coefficient (Wildman–Crippen LogP) is 1.70. The summed E-state index contributed by atoms with van der Waals surface area (Å²) in [5.41, 5.74) is 2.86. The lowest BCUT2D eigenvalue weighted by Gasteiger charge is -1.96. The minimum atomic E-state index is -0.449. The molecule has 0 aliphatic heterocycles. The third kappa shape index (κ3) is 5.16. The summed E-state index contributed by atoms with van der Waals surface area (Å²) < 4.78 is 1.72. The Morgan fingerprint density at radius 2 is 1.96 bits per heavy atom. The maximum atomic E-state index is 11.6. The van der Waals surface area contributed by atoms with E-state index < -0.39 is 4.92 Å². The molecule has 0 saturated heterocycles. The number of rotatable bonds is 6. The number of allylic oxidation sites excluding steroid dienone is 1. The Morgan fingerprint density at radius 3 is 2.70 bits per heavy atom. The fourth-order valence-electron chi connectivity index (χ4n) is 1.83. The molecule has 23 heavy (non-hydrogen) atoms. The minimum Gasteiger partial charge on any atom is -0.266 e. The first-order valence-electron chi connectivity index (χ1n) is 6.83. The molecule has 7 nitrogen and oxygen atoms in total. The second kappa shape index (κ2) is 8.18. The summed E-state index contributed by atoms with van der Waals surface area (Å²) in [4.78, 5) is 22.0. The smallest absolute Gasteiger partial charge is 0.266 e. The van der Waals surface area contributed by atoms with Gasteiger partial charge < -0.3 is 0 Å². The standard InChI is InChI=1S/C16H14N4O3/c21-16(13-19-11-4-1-5-12-19)18-17-10-6-8-14-7-2-3-9-15(14)20(22)23/h1-12H,13H2/p+1. The number of carbonyl (C=O) groups excluding carboxylic acids is 1. The fraction of sp³-hybridized carbons (Fsp3) is 0.0625. The molecule has 2 rings (SSSR count). The van der Waals surface area contributed by atoms with E-state index >= 15 is 0 Å². The zero-order valence-corrected chi connectivity index (χ0v) is 12.2. The topological polar surface area (TPSA) is 88.5 Å². The van der Waals surface area contributed by atoms with E-state index in [2.05, 4.69) is 10.5 Å². The lowest BCUT2D eigenvalue weighted by molar-refractivity contribution is -0.684. The number of hydrazone groups is 1. The third-order valence-electron chi connectivity index (χ3n) is 2.86. The summed E-state index contributed by atoms with van der Waals surface area (Å²) in [6, 6.07) is 11.9. The van der Waals surface area contributed by atoms with Crippen LogP contribution in [0.15, 0.2) is 66.0 Å². The van der Waals surface area contributed by atoms with Crippen LogP contribution in [-0.4, -0.2) is 17.0 Å². The van der Waals surface area contributed by atoms with Crippen molar-refractivity contribution in [2.45, 2.75) is 6.54 Å². The largest absolute Gasteiger partial charge is 0.305 e. The van der Waals surface area contributed by atoms with Gasteiger partial charge in [0.25, 0.3) is 5.69 Å². The van der Waals surface area contributed by atoms with E-state index in [1.807, 2.05) is 18.2 Å². The van der Waals surface area contributed by atoms with Gasteiger partial charge in [0.05, 0.1) is 10.5 Å². The van der Waals surface area contributed by atoms with Crippen LogP contribution in [0.4, 0.5) is 5.69 Å². The number of nitro groups is 1. The van der Waals surface area contributed by atoms with Crippen LogP contribution >= 0.6 is 0 Å². The normalized spacial score (nSPS) is 11.0. The van der Waals surface area contributed by atoms with E-state index in [0.29, 0.717) is 5.56 Å². The van der Waals surface area contributed by atoms with Crippen LogP contribution in [0.5, 0.6) is 0 Å². The Labute approximate surface area is 132 Å². The fourth-order valence-corrected chi connectivity index (χ4v) is 1.83. The van der Waals surface area contributed by atoms with Gasteiger partial charge in [-0.05, 0) is 18.2 Å². The molecule has 2 aromatic rings. The number of hydrogen-bond acceptors (Lipinski definition) is 4. The minimum absolute atomic E-state index is 0.0154. The number of nitrogens with zero attached hydrogens (tertiary/aromatic N) is 3. The number of amides is 1. The van der Waals surface area contributed by atoms with Crippen molar-refractivity contribution in [1.82, 2.24) is 5.43 Å². The molecule has 0 saturated carbocycles. The van der Waals surface area contributed by atoms with Crippen LogP contribution in [0, 0.1) is 10.1 Å². The van der Waals surface area contributed by atoms with Gasteiger partial charge in [-0.3, -0.25) is 14.9 Å². The Balaban J connectivity index is 1.87. The number of benzene rings is 1. The van der Waals surface area contributed by atoms with Crippen LogP contribution in [0.25, 0.3) is 6.08 Å². The molecule has 0 aliphatic rings. The van der Waals surface area contributed by atoms with Crippen molar-refractivity contribution in [3.05, 3.63) is 76.6 Å². The molecule has 0 fully saturated rings. The number of pyridine rings is 1. The van der Waals surface area contributed by atoms with E-state index in [-0.39, 0.29) is 18.1 Å². The van der Waals surface area contributed by atoms with Gasteiger partial charge in [-0.25, -0.2) is 5.43 Å². The Bertz CT molecular complexity index is 742. The lowest BCUT2D eigenvalue weighted by atomic mass is 10.2. The van der Waals surface area contributed by atoms with E-state index in [9.17, 15) is 14.9 Å². The van der Waals surface area contributed by atoms with Crippen LogP contribution in [0.1, 0.15) is 5.56 Å². The van der Waals surface area contributed by atoms with Crippen molar-refractivity contribution in [3.8, 4) is 0 Å². The second-order valence-corrected chi connectivity index (χ2v) is 4.54. The number of nitro benzene ring substituents is 1. The maximum Gasteiger partial charge on any atom is 0.305 e. The molecule has 0 radical (unpaired) electrons. The summed E-state index contributed by atoms with van der Waals surface area (Å²) in [6.45, 7) is 0.159. The first kappa shape index (κ1) is 16.0. The van der Waals surface area contributed by atoms with Gasteiger partial charge in [-0.2, -0.15) is 9.67 Å². The molecule has 0 unspecified atom stereocenters. The molecular formula is C16H15N4O3+. The molecule has 116 valence electrons. The van der Waals surface area contributed by atoms with E-state index in [1.54, 1.807) is 41.2 Å². The molecule has 1 N–H and O–H groups in total. The molecule has 1 aromatic carbocycles.